The van der Waals surface area contributed by atoms with Crippen molar-refractivity contribution in [2.75, 3.05) is 11.3 Å². The number of benzene rings is 1. The van der Waals surface area contributed by atoms with Gasteiger partial charge in [-0.05, 0) is 42.2 Å². The molecule has 0 unspecified atom stereocenters. The lowest BCUT2D eigenvalue weighted by Crippen LogP contribution is -2.26. The third kappa shape index (κ3) is 4.37. The lowest BCUT2D eigenvalue weighted by molar-refractivity contribution is 0.0954. The Bertz CT molecular complexity index is 1080. The number of hydrogen-bond acceptors (Lipinski definition) is 6. The summed E-state index contributed by atoms with van der Waals surface area (Å²) in [6.07, 6.45) is 4.63. The molecule has 0 aliphatic heterocycles. The second-order valence-corrected chi connectivity index (χ2v) is 8.63. The third-order valence-electron chi connectivity index (χ3n) is 3.79. The second kappa shape index (κ2) is 8.20. The van der Waals surface area contributed by atoms with E-state index < -0.39 is 10.0 Å². The fourth-order valence-corrected chi connectivity index (χ4v) is 4.54. The number of carbonyl (C=O) groups excluding carboxylic acids is 1. The van der Waals surface area contributed by atoms with Gasteiger partial charge in [-0.15, -0.1) is 0 Å². The maximum absolute atomic E-state index is 12.9. The first-order chi connectivity index (χ1) is 12.9. The Labute approximate surface area is 166 Å². The fourth-order valence-electron chi connectivity index (χ4n) is 2.45. The van der Waals surface area contributed by atoms with Gasteiger partial charge >= 0.3 is 0 Å². The van der Waals surface area contributed by atoms with E-state index in [1.165, 1.54) is 42.1 Å². The molecule has 2 N–H and O–H groups in total. The van der Waals surface area contributed by atoms with Gasteiger partial charge in [-0.2, -0.15) is 12.8 Å². The number of nitrogens with one attached hydrogen (secondary N) is 2. The van der Waals surface area contributed by atoms with Crippen LogP contribution in [0.25, 0.3) is 10.1 Å². The highest BCUT2D eigenvalue weighted by Gasteiger charge is 2.23. The average molecular weight is 425 g/mol. The molecule has 0 atom stereocenters. The van der Waals surface area contributed by atoms with E-state index in [9.17, 15) is 13.2 Å². The zero-order valence-electron chi connectivity index (χ0n) is 14.4. The summed E-state index contributed by atoms with van der Waals surface area (Å²) < 4.78 is 32.9. The quantitative estimate of drug-likeness (QED) is 0.563. The van der Waals surface area contributed by atoms with E-state index >= 15 is 0 Å². The van der Waals surface area contributed by atoms with Gasteiger partial charge < -0.3 is 5.32 Å². The fraction of sp³-hybridized carbons (Fsp3) is 0.235. The molecular weight excluding hydrogens is 408 g/mol. The summed E-state index contributed by atoms with van der Waals surface area (Å²) in [5, 5.41) is 3.35. The van der Waals surface area contributed by atoms with Crippen molar-refractivity contribution in [1.29, 1.82) is 0 Å². The van der Waals surface area contributed by atoms with Gasteiger partial charge in [0.25, 0.3) is 15.9 Å². The van der Waals surface area contributed by atoms with Crippen LogP contribution in [0.1, 0.15) is 30.1 Å². The molecule has 0 bridgehead atoms. The Kier molecular flexibility index (Phi) is 5.93. The summed E-state index contributed by atoms with van der Waals surface area (Å²) >= 11 is 7.19. The number of pyridine rings is 1. The number of anilines is 1. The van der Waals surface area contributed by atoms with Gasteiger partial charge in [-0.25, -0.2) is 4.98 Å². The maximum atomic E-state index is 12.9. The molecule has 0 saturated carbocycles. The standard InChI is InChI=1S/C17H17ClN4O3S2/c1-2-3-7-19-16(23)12-5-4-11(18)9-14(12)22-27(24,25)17-13-10-21-26-15(13)6-8-20-17/h4-6,8-10,22H,2-3,7H2,1H3,(H,19,23). The number of amides is 1. The lowest BCUT2D eigenvalue weighted by atomic mass is 10.1. The van der Waals surface area contributed by atoms with Crippen molar-refractivity contribution in [3.8, 4) is 0 Å². The third-order valence-corrected chi connectivity index (χ3v) is 6.11. The summed E-state index contributed by atoms with van der Waals surface area (Å²) in [5.74, 6) is -0.374. The zero-order chi connectivity index (χ0) is 19.4. The van der Waals surface area contributed by atoms with Crippen LogP contribution in [0.5, 0.6) is 0 Å². The Hall–Kier alpha value is -2.23. The summed E-state index contributed by atoms with van der Waals surface area (Å²) in [7, 11) is -4.04. The number of aromatic nitrogens is 2. The monoisotopic (exact) mass is 424 g/mol. The van der Waals surface area contributed by atoms with E-state index in [2.05, 4.69) is 19.4 Å². The first kappa shape index (κ1) is 19.5. The Morgan fingerprint density at radius 1 is 1.30 bits per heavy atom. The smallest absolute Gasteiger partial charge is 0.280 e. The first-order valence-electron chi connectivity index (χ1n) is 8.22. The number of fused-ring (bicyclic) bond motifs is 1. The number of sulfonamides is 1. The molecule has 0 saturated heterocycles. The number of rotatable bonds is 7. The number of nitrogens with zero attached hydrogens (tertiary/aromatic N) is 2. The van der Waals surface area contributed by atoms with Crippen LogP contribution in [0.15, 0.2) is 41.7 Å². The molecule has 7 nitrogen and oxygen atoms in total. The van der Waals surface area contributed by atoms with Crippen molar-refractivity contribution in [3.63, 3.8) is 0 Å². The summed E-state index contributed by atoms with van der Waals surface area (Å²) in [6.45, 7) is 2.52. The van der Waals surface area contributed by atoms with Crippen LogP contribution in [0, 0.1) is 0 Å². The van der Waals surface area contributed by atoms with E-state index in [0.717, 1.165) is 12.8 Å². The van der Waals surface area contributed by atoms with E-state index in [-0.39, 0.29) is 22.2 Å². The number of hydrogen-bond donors (Lipinski definition) is 2. The normalized spacial score (nSPS) is 11.5. The first-order valence-corrected chi connectivity index (χ1v) is 10.9. The molecule has 3 aromatic rings. The van der Waals surface area contributed by atoms with Gasteiger partial charge in [0.05, 0.1) is 27.5 Å². The topological polar surface area (TPSA) is 101 Å². The maximum Gasteiger partial charge on any atom is 0.280 e. The number of halogens is 1. The van der Waals surface area contributed by atoms with E-state index in [4.69, 9.17) is 11.6 Å². The summed E-state index contributed by atoms with van der Waals surface area (Å²) in [4.78, 5) is 16.4. The molecule has 1 amide bonds. The van der Waals surface area contributed by atoms with Crippen LogP contribution in [0.4, 0.5) is 5.69 Å². The molecule has 27 heavy (non-hydrogen) atoms. The molecule has 2 heterocycles. The van der Waals surface area contributed by atoms with Gasteiger partial charge in [0.15, 0.2) is 5.03 Å². The van der Waals surface area contributed by atoms with Crippen LogP contribution in [-0.2, 0) is 10.0 Å². The van der Waals surface area contributed by atoms with Crippen molar-refractivity contribution in [1.82, 2.24) is 14.7 Å². The Morgan fingerprint density at radius 2 is 2.11 bits per heavy atom. The van der Waals surface area contributed by atoms with Crippen LogP contribution < -0.4 is 10.0 Å². The predicted octanol–water partition coefficient (Wildman–Crippen LogP) is 3.68. The van der Waals surface area contributed by atoms with Crippen LogP contribution in [0.2, 0.25) is 5.02 Å². The molecule has 0 aliphatic rings. The van der Waals surface area contributed by atoms with Crippen LogP contribution in [0.3, 0.4) is 0 Å². The molecule has 2 aromatic heterocycles. The SMILES string of the molecule is CCCCNC(=O)c1ccc(Cl)cc1NS(=O)(=O)c1nccc2sncc12. The molecule has 0 fully saturated rings. The number of unbranched alkanes of at least 4 members (excludes halogenated alkanes) is 1. The molecule has 0 radical (unpaired) electrons. The molecule has 3 rings (SSSR count). The number of carbonyl (C=O) groups is 1. The van der Waals surface area contributed by atoms with E-state index in [0.29, 0.717) is 21.7 Å². The minimum Gasteiger partial charge on any atom is -0.352 e. The van der Waals surface area contributed by atoms with Crippen LogP contribution in [-0.4, -0.2) is 30.2 Å². The minimum atomic E-state index is -4.04. The van der Waals surface area contributed by atoms with Gasteiger partial charge in [0.2, 0.25) is 0 Å². The minimum absolute atomic E-state index is 0.0958. The highest BCUT2D eigenvalue weighted by molar-refractivity contribution is 7.92. The van der Waals surface area contributed by atoms with Crippen LogP contribution >= 0.6 is 23.1 Å². The molecule has 0 spiro atoms. The highest BCUT2D eigenvalue weighted by Crippen LogP contribution is 2.27. The van der Waals surface area contributed by atoms with Gasteiger partial charge in [-0.3, -0.25) is 9.52 Å². The highest BCUT2D eigenvalue weighted by atomic mass is 35.5. The average Bonchev–Trinajstić information content (AvgIpc) is 3.10. The Morgan fingerprint density at radius 3 is 2.89 bits per heavy atom. The van der Waals surface area contributed by atoms with Gasteiger partial charge in [-0.1, -0.05) is 24.9 Å². The van der Waals surface area contributed by atoms with Crippen molar-refractivity contribution in [2.45, 2.75) is 24.8 Å². The Balaban J connectivity index is 1.95. The molecule has 1 aromatic carbocycles. The summed E-state index contributed by atoms with van der Waals surface area (Å²) in [6, 6.07) is 6.12. The van der Waals surface area contributed by atoms with Crippen molar-refractivity contribution in [2.24, 2.45) is 0 Å². The predicted molar refractivity (Wildman–Crippen MR) is 107 cm³/mol. The van der Waals surface area contributed by atoms with Gasteiger partial charge in [0.1, 0.15) is 0 Å². The molecular formula is C17H17ClN4O3S2. The zero-order valence-corrected chi connectivity index (χ0v) is 16.8. The van der Waals surface area contributed by atoms with E-state index in [1.54, 1.807) is 6.07 Å². The van der Waals surface area contributed by atoms with Crippen molar-refractivity contribution in [3.05, 3.63) is 47.2 Å². The molecule has 0 aliphatic carbocycles. The molecule has 142 valence electrons. The summed E-state index contributed by atoms with van der Waals surface area (Å²) in [5.41, 5.74) is 0.285. The van der Waals surface area contributed by atoms with E-state index in [1.807, 2.05) is 6.92 Å². The largest absolute Gasteiger partial charge is 0.352 e. The molecule has 10 heteroatoms. The van der Waals surface area contributed by atoms with Crippen molar-refractivity contribution < 1.29 is 13.2 Å². The van der Waals surface area contributed by atoms with Crippen molar-refractivity contribution >= 4 is 54.8 Å². The van der Waals surface area contributed by atoms with Gasteiger partial charge in [0, 0.05) is 17.8 Å². The lowest BCUT2D eigenvalue weighted by Gasteiger charge is -2.13. The second-order valence-electron chi connectivity index (χ2n) is 5.76.